The van der Waals surface area contributed by atoms with Crippen LogP contribution in [0, 0.1) is 0 Å². The van der Waals surface area contributed by atoms with Crippen LogP contribution >= 0.6 is 0 Å². The first kappa shape index (κ1) is 9.88. The van der Waals surface area contributed by atoms with E-state index in [0.717, 1.165) is 0 Å². The highest BCUT2D eigenvalue weighted by molar-refractivity contribution is 4.90. The zero-order valence-corrected chi connectivity index (χ0v) is 6.92. The van der Waals surface area contributed by atoms with Gasteiger partial charge in [-0.2, -0.15) is 0 Å². The number of hydrogen-bond acceptors (Lipinski definition) is 5. The summed E-state index contributed by atoms with van der Waals surface area (Å²) in [5.41, 5.74) is 5.34. The van der Waals surface area contributed by atoms with E-state index >= 15 is 0 Å². The molecule has 1 aliphatic rings. The van der Waals surface area contributed by atoms with Gasteiger partial charge in [0, 0.05) is 0 Å². The maximum Gasteiger partial charge on any atom is 0.172 e. The standard InChI is InChI=1S/C7H15NO4/c1-2-3-5(9)6(10)4(8)7(11)12-3/h3-7,9-11H,2,8H2,1H3/t3-,4-,5-,6-,7-/m1/s1. The summed E-state index contributed by atoms with van der Waals surface area (Å²) in [6.07, 6.45) is -3.31. The summed E-state index contributed by atoms with van der Waals surface area (Å²) in [7, 11) is 0. The fourth-order valence-electron chi connectivity index (χ4n) is 1.30. The van der Waals surface area contributed by atoms with Gasteiger partial charge in [0.1, 0.15) is 12.2 Å². The average Bonchev–Trinajstić information content (AvgIpc) is 2.08. The lowest BCUT2D eigenvalue weighted by Gasteiger charge is -2.38. The van der Waals surface area contributed by atoms with Crippen LogP contribution in [0.2, 0.25) is 0 Å². The van der Waals surface area contributed by atoms with Crippen molar-refractivity contribution in [3.8, 4) is 0 Å². The number of aliphatic hydroxyl groups excluding tert-OH is 3. The highest BCUT2D eigenvalue weighted by Crippen LogP contribution is 2.20. The Hall–Kier alpha value is -0.200. The summed E-state index contributed by atoms with van der Waals surface area (Å²) in [5.74, 6) is 0. The third-order valence-electron chi connectivity index (χ3n) is 2.17. The number of ether oxygens (including phenoxy) is 1. The molecule has 1 rings (SSSR count). The van der Waals surface area contributed by atoms with Crippen molar-refractivity contribution in [1.29, 1.82) is 0 Å². The molecule has 0 aromatic rings. The normalized spacial score (nSPS) is 49.2. The van der Waals surface area contributed by atoms with Crippen LogP contribution in [0.4, 0.5) is 0 Å². The lowest BCUT2D eigenvalue weighted by molar-refractivity contribution is -0.242. The summed E-state index contributed by atoms with van der Waals surface area (Å²) in [5, 5.41) is 27.8. The van der Waals surface area contributed by atoms with Crippen molar-refractivity contribution in [1.82, 2.24) is 0 Å². The monoisotopic (exact) mass is 177 g/mol. The zero-order valence-electron chi connectivity index (χ0n) is 6.92. The van der Waals surface area contributed by atoms with Crippen molar-refractivity contribution in [2.75, 3.05) is 0 Å². The SMILES string of the molecule is CC[C@H]1O[C@@H](O)[C@H](N)[C@@H](O)[C@@H]1O. The Morgan fingerprint density at radius 3 is 2.33 bits per heavy atom. The van der Waals surface area contributed by atoms with E-state index < -0.39 is 30.6 Å². The molecular formula is C7H15NO4. The van der Waals surface area contributed by atoms with Crippen molar-refractivity contribution in [3.05, 3.63) is 0 Å². The van der Waals surface area contributed by atoms with Crippen LogP contribution in [0.1, 0.15) is 13.3 Å². The van der Waals surface area contributed by atoms with E-state index in [9.17, 15) is 10.2 Å². The Balaban J connectivity index is 2.63. The molecule has 72 valence electrons. The van der Waals surface area contributed by atoms with Gasteiger partial charge in [0.15, 0.2) is 6.29 Å². The number of rotatable bonds is 1. The predicted molar refractivity (Wildman–Crippen MR) is 41.2 cm³/mol. The second-order valence-electron chi connectivity index (χ2n) is 3.03. The van der Waals surface area contributed by atoms with Gasteiger partial charge in [-0.25, -0.2) is 0 Å². The van der Waals surface area contributed by atoms with E-state index in [2.05, 4.69) is 0 Å². The summed E-state index contributed by atoms with van der Waals surface area (Å²) < 4.78 is 4.95. The molecule has 5 nitrogen and oxygen atoms in total. The molecule has 0 aromatic carbocycles. The minimum absolute atomic E-state index is 0.530. The maximum absolute atomic E-state index is 9.36. The molecule has 0 bridgehead atoms. The van der Waals surface area contributed by atoms with Crippen LogP contribution in [0.25, 0.3) is 0 Å². The number of aliphatic hydroxyl groups is 3. The molecule has 0 unspecified atom stereocenters. The fraction of sp³-hybridized carbons (Fsp3) is 1.00. The second kappa shape index (κ2) is 3.68. The Morgan fingerprint density at radius 1 is 1.25 bits per heavy atom. The summed E-state index contributed by atoms with van der Waals surface area (Å²) >= 11 is 0. The first-order chi connectivity index (χ1) is 5.57. The molecule has 0 spiro atoms. The van der Waals surface area contributed by atoms with Crippen molar-refractivity contribution in [2.45, 2.75) is 44.0 Å². The summed E-state index contributed by atoms with van der Waals surface area (Å²) in [4.78, 5) is 0. The minimum atomic E-state index is -1.19. The summed E-state index contributed by atoms with van der Waals surface area (Å²) in [6.45, 7) is 1.80. The molecule has 1 aliphatic heterocycles. The molecule has 0 saturated carbocycles. The van der Waals surface area contributed by atoms with E-state index in [4.69, 9.17) is 15.6 Å². The third kappa shape index (κ3) is 1.60. The van der Waals surface area contributed by atoms with Crippen LogP contribution in [-0.2, 0) is 4.74 Å². The molecule has 5 N–H and O–H groups in total. The first-order valence-electron chi connectivity index (χ1n) is 4.03. The minimum Gasteiger partial charge on any atom is -0.388 e. The second-order valence-corrected chi connectivity index (χ2v) is 3.03. The van der Waals surface area contributed by atoms with Gasteiger partial charge < -0.3 is 25.8 Å². The van der Waals surface area contributed by atoms with Gasteiger partial charge in [-0.3, -0.25) is 0 Å². The Bertz CT molecular complexity index is 150. The van der Waals surface area contributed by atoms with Crippen molar-refractivity contribution in [3.63, 3.8) is 0 Å². The van der Waals surface area contributed by atoms with Crippen LogP contribution < -0.4 is 5.73 Å². The van der Waals surface area contributed by atoms with E-state index in [1.54, 1.807) is 6.92 Å². The molecule has 1 saturated heterocycles. The highest BCUT2D eigenvalue weighted by atomic mass is 16.6. The quantitative estimate of drug-likeness (QED) is 0.377. The topological polar surface area (TPSA) is 95.9 Å². The van der Waals surface area contributed by atoms with Gasteiger partial charge in [-0.1, -0.05) is 6.92 Å². The van der Waals surface area contributed by atoms with E-state index in [0.29, 0.717) is 6.42 Å². The molecule has 0 aromatic heterocycles. The number of nitrogens with two attached hydrogens (primary N) is 1. The molecule has 5 atom stereocenters. The highest BCUT2D eigenvalue weighted by Gasteiger charge is 2.40. The van der Waals surface area contributed by atoms with E-state index in [-0.39, 0.29) is 0 Å². The van der Waals surface area contributed by atoms with Crippen LogP contribution in [-0.4, -0.2) is 46.0 Å². The smallest absolute Gasteiger partial charge is 0.172 e. The van der Waals surface area contributed by atoms with Gasteiger partial charge in [0.2, 0.25) is 0 Å². The van der Waals surface area contributed by atoms with Gasteiger partial charge >= 0.3 is 0 Å². The van der Waals surface area contributed by atoms with E-state index in [1.165, 1.54) is 0 Å². The average molecular weight is 177 g/mol. The maximum atomic E-state index is 9.36. The number of hydrogen-bond donors (Lipinski definition) is 4. The summed E-state index contributed by atoms with van der Waals surface area (Å²) in [6, 6.07) is -0.928. The third-order valence-corrected chi connectivity index (χ3v) is 2.17. The molecule has 1 heterocycles. The van der Waals surface area contributed by atoms with Gasteiger partial charge in [0.05, 0.1) is 12.1 Å². The zero-order chi connectivity index (χ0) is 9.30. The van der Waals surface area contributed by atoms with E-state index in [1.807, 2.05) is 0 Å². The van der Waals surface area contributed by atoms with Gasteiger partial charge in [0.25, 0.3) is 0 Å². The predicted octanol–water partition coefficient (Wildman–Crippen LogP) is -1.84. The van der Waals surface area contributed by atoms with Crippen LogP contribution in [0.15, 0.2) is 0 Å². The molecule has 1 fully saturated rings. The largest absolute Gasteiger partial charge is 0.388 e. The molecular weight excluding hydrogens is 162 g/mol. The molecule has 0 amide bonds. The molecule has 12 heavy (non-hydrogen) atoms. The van der Waals surface area contributed by atoms with Crippen LogP contribution in [0.3, 0.4) is 0 Å². The van der Waals surface area contributed by atoms with Gasteiger partial charge in [-0.05, 0) is 6.42 Å². The Labute approximate surface area is 70.8 Å². The fourth-order valence-corrected chi connectivity index (χ4v) is 1.30. The molecule has 0 aliphatic carbocycles. The molecule has 0 radical (unpaired) electrons. The lowest BCUT2D eigenvalue weighted by Crippen LogP contribution is -2.60. The lowest BCUT2D eigenvalue weighted by atomic mass is 9.96. The van der Waals surface area contributed by atoms with Crippen molar-refractivity contribution >= 4 is 0 Å². The Morgan fingerprint density at radius 2 is 1.83 bits per heavy atom. The van der Waals surface area contributed by atoms with Crippen molar-refractivity contribution < 1.29 is 20.1 Å². The first-order valence-corrected chi connectivity index (χ1v) is 4.03. The van der Waals surface area contributed by atoms with Crippen molar-refractivity contribution in [2.24, 2.45) is 5.73 Å². The van der Waals surface area contributed by atoms with Gasteiger partial charge in [-0.15, -0.1) is 0 Å². The van der Waals surface area contributed by atoms with Crippen LogP contribution in [0.5, 0.6) is 0 Å². The molecule has 5 heteroatoms. The Kier molecular flexibility index (Phi) is 3.03.